The molecule has 1 aromatic heterocycles. The van der Waals surface area contributed by atoms with Crippen LogP contribution in [0.25, 0.3) is 0 Å². The number of hydrogen-bond acceptors (Lipinski definition) is 5. The summed E-state index contributed by atoms with van der Waals surface area (Å²) in [5, 5.41) is 1.64. The zero-order valence-electron chi connectivity index (χ0n) is 13.0. The first-order valence-electron chi connectivity index (χ1n) is 7.90. The average Bonchev–Trinajstić information content (AvgIpc) is 3.09. The monoisotopic (exact) mass is 342 g/mol. The van der Waals surface area contributed by atoms with Crippen LogP contribution >= 0.6 is 22.9 Å². The molecule has 3 rings (SSSR count). The maximum atomic E-state index is 11.7. The van der Waals surface area contributed by atoms with E-state index in [1.165, 1.54) is 12.8 Å². The highest BCUT2D eigenvalue weighted by Crippen LogP contribution is 2.35. The van der Waals surface area contributed by atoms with Crippen molar-refractivity contribution >= 4 is 34.0 Å². The number of thiazole rings is 1. The van der Waals surface area contributed by atoms with Crippen molar-refractivity contribution in [2.24, 2.45) is 11.1 Å². The van der Waals surface area contributed by atoms with Gasteiger partial charge in [-0.1, -0.05) is 22.9 Å². The van der Waals surface area contributed by atoms with E-state index >= 15 is 0 Å². The summed E-state index contributed by atoms with van der Waals surface area (Å²) in [5.74, 6) is -0.203. The van der Waals surface area contributed by atoms with E-state index in [4.69, 9.17) is 17.3 Å². The van der Waals surface area contributed by atoms with Crippen LogP contribution in [0, 0.1) is 5.41 Å². The number of nitrogens with two attached hydrogens (primary N) is 1. The van der Waals surface area contributed by atoms with Crippen LogP contribution in [0.5, 0.6) is 0 Å². The number of piperidine rings is 1. The Balaban J connectivity index is 1.69. The van der Waals surface area contributed by atoms with Crippen molar-refractivity contribution in [3.8, 4) is 0 Å². The molecule has 2 aliphatic heterocycles. The number of likely N-dealkylation sites (tertiary alicyclic amines) is 1. The lowest BCUT2D eigenvalue weighted by molar-refractivity contribution is -0.129. The van der Waals surface area contributed by atoms with E-state index < -0.39 is 5.41 Å². The van der Waals surface area contributed by atoms with Gasteiger partial charge in [0, 0.05) is 26.2 Å². The molecule has 1 aromatic rings. The lowest BCUT2D eigenvalue weighted by Gasteiger charge is -2.38. The van der Waals surface area contributed by atoms with Crippen LogP contribution in [0.3, 0.4) is 0 Å². The van der Waals surface area contributed by atoms with E-state index in [0.717, 1.165) is 49.0 Å². The second-order valence-corrected chi connectivity index (χ2v) is 8.06. The maximum Gasteiger partial charge on any atom is 0.224 e. The molecule has 0 bridgehead atoms. The number of rotatable bonds is 4. The van der Waals surface area contributed by atoms with Crippen molar-refractivity contribution in [3.05, 3.63) is 10.0 Å². The second kappa shape index (κ2) is 6.34. The molecule has 0 spiro atoms. The molecule has 0 aromatic carbocycles. The molecule has 0 aliphatic carbocycles. The molecule has 0 unspecified atom stereocenters. The summed E-state index contributed by atoms with van der Waals surface area (Å²) in [6.45, 7) is 6.56. The number of aromatic nitrogens is 1. The Morgan fingerprint density at radius 3 is 2.77 bits per heavy atom. The molecule has 1 atom stereocenters. The third kappa shape index (κ3) is 3.24. The smallest absolute Gasteiger partial charge is 0.224 e. The third-order valence-corrected chi connectivity index (χ3v) is 6.28. The topological polar surface area (TPSA) is 62.5 Å². The largest absolute Gasteiger partial charge is 0.369 e. The lowest BCUT2D eigenvalue weighted by atomic mass is 9.81. The van der Waals surface area contributed by atoms with Crippen LogP contribution < -0.4 is 10.6 Å². The fraction of sp³-hybridized carbons (Fsp3) is 0.733. The molecule has 122 valence electrons. The molecule has 22 heavy (non-hydrogen) atoms. The minimum absolute atomic E-state index is 0.203. The van der Waals surface area contributed by atoms with Crippen LogP contribution in [-0.4, -0.2) is 42.0 Å². The van der Waals surface area contributed by atoms with Crippen LogP contribution in [-0.2, 0) is 11.3 Å². The van der Waals surface area contributed by atoms with Gasteiger partial charge in [0.25, 0.3) is 0 Å². The normalized spacial score (nSPS) is 26.5. The Bertz CT molecular complexity index is 558. The number of hydrogen-bond donors (Lipinski definition) is 1. The molecule has 0 radical (unpaired) electrons. The zero-order valence-corrected chi connectivity index (χ0v) is 14.5. The van der Waals surface area contributed by atoms with Gasteiger partial charge in [-0.25, -0.2) is 4.98 Å². The molecule has 1 amide bonds. The predicted octanol–water partition coefficient (Wildman–Crippen LogP) is 2.48. The number of amides is 1. The SMILES string of the molecule is C[C@]1(C(N)=O)CCCN(Cc2sc(N3CCCC3)nc2Cl)C1. The summed E-state index contributed by atoms with van der Waals surface area (Å²) in [6, 6.07) is 0. The predicted molar refractivity (Wildman–Crippen MR) is 90.4 cm³/mol. The molecular formula is C15H23ClN4OS. The van der Waals surface area contributed by atoms with Crippen LogP contribution in [0.2, 0.25) is 5.15 Å². The fourth-order valence-electron chi connectivity index (χ4n) is 3.35. The van der Waals surface area contributed by atoms with Crippen molar-refractivity contribution in [1.29, 1.82) is 0 Å². The number of primary amides is 1. The average molecular weight is 343 g/mol. The van der Waals surface area contributed by atoms with E-state index in [2.05, 4.69) is 14.8 Å². The van der Waals surface area contributed by atoms with Crippen molar-refractivity contribution < 1.29 is 4.79 Å². The van der Waals surface area contributed by atoms with Gasteiger partial charge >= 0.3 is 0 Å². The third-order valence-electron chi connectivity index (χ3n) is 4.75. The van der Waals surface area contributed by atoms with Gasteiger partial charge in [-0.3, -0.25) is 9.69 Å². The quantitative estimate of drug-likeness (QED) is 0.913. The van der Waals surface area contributed by atoms with Crippen molar-refractivity contribution in [2.45, 2.75) is 39.2 Å². The summed E-state index contributed by atoms with van der Waals surface area (Å²) in [7, 11) is 0. The Morgan fingerprint density at radius 2 is 2.09 bits per heavy atom. The summed E-state index contributed by atoms with van der Waals surface area (Å²) < 4.78 is 0. The van der Waals surface area contributed by atoms with Crippen molar-refractivity contribution in [2.75, 3.05) is 31.1 Å². The van der Waals surface area contributed by atoms with E-state index in [-0.39, 0.29) is 5.91 Å². The fourth-order valence-corrected chi connectivity index (χ4v) is 4.70. The minimum atomic E-state index is -0.423. The number of halogens is 1. The van der Waals surface area contributed by atoms with Gasteiger partial charge < -0.3 is 10.6 Å². The van der Waals surface area contributed by atoms with E-state index in [0.29, 0.717) is 11.7 Å². The van der Waals surface area contributed by atoms with Crippen LogP contribution in [0.15, 0.2) is 0 Å². The van der Waals surface area contributed by atoms with Crippen LogP contribution in [0.4, 0.5) is 5.13 Å². The Hall–Kier alpha value is -0.850. The van der Waals surface area contributed by atoms with Gasteiger partial charge in [0.1, 0.15) is 5.15 Å². The highest BCUT2D eigenvalue weighted by molar-refractivity contribution is 7.16. The first kappa shape index (κ1) is 16.0. The van der Waals surface area contributed by atoms with Crippen LogP contribution in [0.1, 0.15) is 37.5 Å². The highest BCUT2D eigenvalue weighted by atomic mass is 35.5. The number of nitrogens with zero attached hydrogens (tertiary/aromatic N) is 3. The van der Waals surface area contributed by atoms with Gasteiger partial charge in [0.15, 0.2) is 5.13 Å². The van der Waals surface area contributed by atoms with Gasteiger partial charge in [0.2, 0.25) is 5.91 Å². The standard InChI is InChI=1S/C15H23ClN4OS/c1-15(13(17)21)5-4-6-19(10-15)9-11-12(16)18-14(22-11)20-7-2-3-8-20/h2-10H2,1H3,(H2,17,21)/t15-/m0/s1. The molecule has 2 N–H and O–H groups in total. The van der Waals surface area contributed by atoms with Crippen molar-refractivity contribution in [3.63, 3.8) is 0 Å². The molecule has 7 heteroatoms. The summed E-state index contributed by atoms with van der Waals surface area (Å²) in [5.41, 5.74) is 5.14. The lowest BCUT2D eigenvalue weighted by Crippen LogP contribution is -2.48. The second-order valence-electron chi connectivity index (χ2n) is 6.64. The molecular weight excluding hydrogens is 320 g/mol. The Morgan fingerprint density at radius 1 is 1.36 bits per heavy atom. The van der Waals surface area contributed by atoms with E-state index in [1.54, 1.807) is 11.3 Å². The van der Waals surface area contributed by atoms with Gasteiger partial charge in [-0.2, -0.15) is 0 Å². The van der Waals surface area contributed by atoms with Gasteiger partial charge in [-0.15, -0.1) is 0 Å². The van der Waals surface area contributed by atoms with E-state index in [9.17, 15) is 4.79 Å². The number of anilines is 1. The Labute approximate surface area is 140 Å². The first-order valence-corrected chi connectivity index (χ1v) is 9.10. The zero-order chi connectivity index (χ0) is 15.7. The number of carbonyl (C=O) groups excluding carboxylic acids is 1. The maximum absolute atomic E-state index is 11.7. The summed E-state index contributed by atoms with van der Waals surface area (Å²) in [6.07, 6.45) is 4.33. The number of carbonyl (C=O) groups is 1. The summed E-state index contributed by atoms with van der Waals surface area (Å²) >= 11 is 8.01. The van der Waals surface area contributed by atoms with Gasteiger partial charge in [0.05, 0.1) is 10.3 Å². The first-order chi connectivity index (χ1) is 10.5. The minimum Gasteiger partial charge on any atom is -0.369 e. The van der Waals surface area contributed by atoms with Crippen molar-refractivity contribution in [1.82, 2.24) is 9.88 Å². The molecule has 0 saturated carbocycles. The Kier molecular flexibility index (Phi) is 4.61. The van der Waals surface area contributed by atoms with Gasteiger partial charge in [-0.05, 0) is 39.2 Å². The molecule has 2 aliphatic rings. The molecule has 2 fully saturated rings. The molecule has 5 nitrogen and oxygen atoms in total. The highest BCUT2D eigenvalue weighted by Gasteiger charge is 2.36. The summed E-state index contributed by atoms with van der Waals surface area (Å²) in [4.78, 5) is 21.9. The van der Waals surface area contributed by atoms with E-state index in [1.807, 2.05) is 6.92 Å². The molecule has 2 saturated heterocycles. The molecule has 3 heterocycles.